The van der Waals surface area contributed by atoms with Crippen molar-refractivity contribution >= 4 is 0 Å². The van der Waals surface area contributed by atoms with Gasteiger partial charge in [-0.3, -0.25) is 0 Å². The second-order valence-corrected chi connectivity index (χ2v) is 5.37. The molecule has 0 saturated carbocycles. The van der Waals surface area contributed by atoms with Crippen LogP contribution >= 0.6 is 0 Å². The summed E-state index contributed by atoms with van der Waals surface area (Å²) < 4.78 is 5.45. The average molecular weight is 234 g/mol. The number of hydrogen-bond acceptors (Lipinski definition) is 2. The van der Waals surface area contributed by atoms with Crippen LogP contribution in [0.25, 0.3) is 0 Å². The molecule has 1 aliphatic heterocycles. The van der Waals surface area contributed by atoms with Crippen molar-refractivity contribution in [2.24, 2.45) is 0 Å². The Morgan fingerprint density at radius 2 is 1.76 bits per heavy atom. The van der Waals surface area contributed by atoms with E-state index in [1.54, 1.807) is 0 Å². The Balaban J connectivity index is 2.37. The molecule has 94 valence electrons. The molecule has 2 nitrogen and oxygen atoms in total. The molecule has 0 radical (unpaired) electrons. The number of ether oxygens (including phenoxy) is 1. The smallest absolute Gasteiger partial charge is 0.0585 e. The minimum Gasteiger partial charge on any atom is -0.396 e. The number of aliphatic hydroxyl groups excluding tert-OH is 1. The van der Waals surface area contributed by atoms with Crippen molar-refractivity contribution in [2.75, 3.05) is 19.8 Å². The number of rotatable bonds is 4. The summed E-state index contributed by atoms with van der Waals surface area (Å²) in [4.78, 5) is 0. The molecule has 0 bridgehead atoms. The molecule has 1 saturated heterocycles. The van der Waals surface area contributed by atoms with Gasteiger partial charge in [-0.15, -0.1) is 0 Å². The van der Waals surface area contributed by atoms with E-state index in [1.165, 1.54) is 22.3 Å². The largest absolute Gasteiger partial charge is 0.396 e. The highest BCUT2D eigenvalue weighted by Gasteiger charge is 2.41. The molecule has 1 aromatic carbocycles. The molecule has 17 heavy (non-hydrogen) atoms. The van der Waals surface area contributed by atoms with Crippen LogP contribution in [0.1, 0.15) is 35.1 Å². The third kappa shape index (κ3) is 2.24. The lowest BCUT2D eigenvalue weighted by atomic mass is 9.71. The summed E-state index contributed by atoms with van der Waals surface area (Å²) in [5, 5.41) is 9.04. The molecule has 1 heterocycles. The summed E-state index contributed by atoms with van der Waals surface area (Å²) in [7, 11) is 0. The molecule has 0 spiro atoms. The van der Waals surface area contributed by atoms with E-state index >= 15 is 0 Å². The highest BCUT2D eigenvalue weighted by Crippen LogP contribution is 2.40. The Bertz CT molecular complexity index is 382. The molecule has 2 rings (SSSR count). The van der Waals surface area contributed by atoms with Crippen molar-refractivity contribution in [3.63, 3.8) is 0 Å². The van der Waals surface area contributed by atoms with Gasteiger partial charge in [0.15, 0.2) is 0 Å². The Morgan fingerprint density at radius 3 is 2.18 bits per heavy atom. The van der Waals surface area contributed by atoms with Crippen LogP contribution < -0.4 is 0 Å². The van der Waals surface area contributed by atoms with Crippen LogP contribution in [0.15, 0.2) is 12.1 Å². The fourth-order valence-electron chi connectivity index (χ4n) is 3.20. The minimum absolute atomic E-state index is 0.157. The van der Waals surface area contributed by atoms with E-state index in [9.17, 15) is 0 Å². The molecule has 0 amide bonds. The van der Waals surface area contributed by atoms with Crippen molar-refractivity contribution in [1.29, 1.82) is 0 Å². The summed E-state index contributed by atoms with van der Waals surface area (Å²) in [6.45, 7) is 8.39. The van der Waals surface area contributed by atoms with Crippen LogP contribution in [0.2, 0.25) is 0 Å². The molecule has 1 aromatic rings. The van der Waals surface area contributed by atoms with Gasteiger partial charge < -0.3 is 9.84 Å². The van der Waals surface area contributed by atoms with Gasteiger partial charge in [-0.25, -0.2) is 0 Å². The zero-order valence-corrected chi connectivity index (χ0v) is 11.0. The zero-order chi connectivity index (χ0) is 12.5. The lowest BCUT2D eigenvalue weighted by Crippen LogP contribution is -2.47. The van der Waals surface area contributed by atoms with Gasteiger partial charge in [0, 0.05) is 12.0 Å². The maximum absolute atomic E-state index is 9.04. The maximum Gasteiger partial charge on any atom is 0.0585 e. The number of aliphatic hydroxyl groups is 1. The van der Waals surface area contributed by atoms with Gasteiger partial charge in [-0.05, 0) is 50.3 Å². The second-order valence-electron chi connectivity index (χ2n) is 5.37. The third-order valence-corrected chi connectivity index (χ3v) is 3.78. The standard InChI is InChI=1S/C15H22O2/c1-11-7-12(2)14(13(3)8-11)15(5-4-6-16)9-17-10-15/h7-8,16H,4-6,9-10H2,1-3H3. The first-order valence-electron chi connectivity index (χ1n) is 6.36. The molecule has 2 heteroatoms. The zero-order valence-electron chi connectivity index (χ0n) is 11.0. The van der Waals surface area contributed by atoms with Crippen LogP contribution in [0.3, 0.4) is 0 Å². The lowest BCUT2D eigenvalue weighted by molar-refractivity contribution is -0.0671. The van der Waals surface area contributed by atoms with Crippen LogP contribution in [0.5, 0.6) is 0 Å². The topological polar surface area (TPSA) is 29.5 Å². The fraction of sp³-hybridized carbons (Fsp3) is 0.600. The molecular weight excluding hydrogens is 212 g/mol. The number of benzene rings is 1. The minimum atomic E-state index is 0.157. The summed E-state index contributed by atoms with van der Waals surface area (Å²) in [6, 6.07) is 4.50. The van der Waals surface area contributed by atoms with Crippen LogP contribution in [-0.4, -0.2) is 24.9 Å². The predicted octanol–water partition coefficient (Wildman–Crippen LogP) is 2.65. The molecule has 1 fully saturated rings. The SMILES string of the molecule is Cc1cc(C)c(C2(CCCO)COC2)c(C)c1. The van der Waals surface area contributed by atoms with Crippen LogP contribution in [0.4, 0.5) is 0 Å². The van der Waals surface area contributed by atoms with Gasteiger partial charge in [0.25, 0.3) is 0 Å². The van der Waals surface area contributed by atoms with Gasteiger partial charge in [0.1, 0.15) is 0 Å². The molecular formula is C15H22O2. The van der Waals surface area contributed by atoms with Gasteiger partial charge >= 0.3 is 0 Å². The van der Waals surface area contributed by atoms with Crippen molar-refractivity contribution in [3.05, 3.63) is 34.4 Å². The van der Waals surface area contributed by atoms with Crippen molar-refractivity contribution in [3.8, 4) is 0 Å². The quantitative estimate of drug-likeness (QED) is 0.868. The fourth-order valence-corrected chi connectivity index (χ4v) is 3.20. The van der Waals surface area contributed by atoms with E-state index in [1.807, 2.05) is 0 Å². The van der Waals surface area contributed by atoms with Crippen molar-refractivity contribution in [2.45, 2.75) is 39.0 Å². The number of aryl methyl sites for hydroxylation is 3. The molecule has 1 N–H and O–H groups in total. The summed E-state index contributed by atoms with van der Waals surface area (Å²) >= 11 is 0. The van der Waals surface area contributed by atoms with Crippen molar-refractivity contribution in [1.82, 2.24) is 0 Å². The Morgan fingerprint density at radius 1 is 1.18 bits per heavy atom. The molecule has 0 aromatic heterocycles. The van der Waals surface area contributed by atoms with E-state index in [2.05, 4.69) is 32.9 Å². The molecule has 0 unspecified atom stereocenters. The Kier molecular flexibility index (Phi) is 3.55. The Hall–Kier alpha value is -0.860. The van der Waals surface area contributed by atoms with Crippen LogP contribution in [0, 0.1) is 20.8 Å². The van der Waals surface area contributed by atoms with Crippen LogP contribution in [-0.2, 0) is 10.2 Å². The summed E-state index contributed by atoms with van der Waals surface area (Å²) in [6.07, 6.45) is 1.88. The number of hydrogen-bond donors (Lipinski definition) is 1. The normalized spacial score (nSPS) is 17.9. The molecule has 1 aliphatic rings. The monoisotopic (exact) mass is 234 g/mol. The highest BCUT2D eigenvalue weighted by molar-refractivity contribution is 5.44. The molecule has 0 aliphatic carbocycles. The Labute approximate surface area is 104 Å². The van der Waals surface area contributed by atoms with Crippen molar-refractivity contribution < 1.29 is 9.84 Å². The van der Waals surface area contributed by atoms with Gasteiger partial charge in [-0.1, -0.05) is 17.7 Å². The summed E-state index contributed by atoms with van der Waals surface area (Å²) in [5.41, 5.74) is 5.65. The van der Waals surface area contributed by atoms with E-state index in [-0.39, 0.29) is 12.0 Å². The average Bonchev–Trinajstić information content (AvgIpc) is 2.19. The van der Waals surface area contributed by atoms with E-state index in [4.69, 9.17) is 9.84 Å². The summed E-state index contributed by atoms with van der Waals surface area (Å²) in [5.74, 6) is 0. The van der Waals surface area contributed by atoms with E-state index in [0.717, 1.165) is 26.1 Å². The maximum atomic E-state index is 9.04. The van der Waals surface area contributed by atoms with Gasteiger partial charge in [0.2, 0.25) is 0 Å². The highest BCUT2D eigenvalue weighted by atomic mass is 16.5. The third-order valence-electron chi connectivity index (χ3n) is 3.78. The predicted molar refractivity (Wildman–Crippen MR) is 69.5 cm³/mol. The molecule has 0 atom stereocenters. The van der Waals surface area contributed by atoms with Gasteiger partial charge in [-0.2, -0.15) is 0 Å². The first kappa shape index (κ1) is 12.6. The second kappa shape index (κ2) is 4.79. The van der Waals surface area contributed by atoms with Gasteiger partial charge in [0.05, 0.1) is 13.2 Å². The lowest BCUT2D eigenvalue weighted by Gasteiger charge is -2.44. The van der Waals surface area contributed by atoms with E-state index < -0.39 is 0 Å². The van der Waals surface area contributed by atoms with E-state index in [0.29, 0.717) is 0 Å². The first-order chi connectivity index (χ1) is 8.09. The first-order valence-corrected chi connectivity index (χ1v) is 6.36.